The molecule has 0 aliphatic heterocycles. The number of nitrogens with zero attached hydrogens (tertiary/aromatic N) is 2. The lowest BCUT2D eigenvalue weighted by atomic mass is 9.94. The number of halogens is 3. The van der Waals surface area contributed by atoms with E-state index in [1.807, 2.05) is 48.5 Å². The highest BCUT2D eigenvalue weighted by atomic mass is 31.2. The van der Waals surface area contributed by atoms with Crippen molar-refractivity contribution in [2.75, 3.05) is 6.61 Å². The Hall–Kier alpha value is -3.94. The number of H-pyrrole nitrogens is 1. The highest BCUT2D eigenvalue weighted by molar-refractivity contribution is 7.46. The number of nitriles is 1. The zero-order valence-corrected chi connectivity index (χ0v) is 22.3. The highest BCUT2D eigenvalue weighted by Crippen LogP contribution is 2.41. The van der Waals surface area contributed by atoms with Gasteiger partial charge in [-0.15, -0.1) is 0 Å². The average molecular weight is 571 g/mol. The number of nitrogens with one attached hydrogen (secondary N) is 1. The molecule has 3 N–H and O–H groups in total. The minimum absolute atomic E-state index is 0.0234. The molecule has 0 unspecified atom stereocenters. The quantitative estimate of drug-likeness (QED) is 0.193. The number of hydrogen-bond acceptors (Lipinski definition) is 5. The van der Waals surface area contributed by atoms with Gasteiger partial charge in [0, 0.05) is 11.0 Å². The molecule has 4 rings (SSSR count). The van der Waals surface area contributed by atoms with Gasteiger partial charge in [-0.3, -0.25) is 4.52 Å². The van der Waals surface area contributed by atoms with E-state index in [1.54, 1.807) is 26.0 Å². The first-order valence-corrected chi connectivity index (χ1v) is 13.5. The summed E-state index contributed by atoms with van der Waals surface area (Å²) in [5.74, 6) is -0.266. The van der Waals surface area contributed by atoms with Gasteiger partial charge in [-0.1, -0.05) is 68.4 Å². The predicted octanol–water partition coefficient (Wildman–Crippen LogP) is 6.60. The molecule has 0 saturated heterocycles. The summed E-state index contributed by atoms with van der Waals surface area (Å²) < 4.78 is 63.4. The Balaban J connectivity index is 1.59. The van der Waals surface area contributed by atoms with Gasteiger partial charge in [0.2, 0.25) is 0 Å². The van der Waals surface area contributed by atoms with Crippen molar-refractivity contribution in [1.29, 1.82) is 5.26 Å². The Bertz CT molecular complexity index is 1570. The number of alkyl halides is 3. The molecule has 12 heteroatoms. The van der Waals surface area contributed by atoms with Crippen LogP contribution >= 0.6 is 7.82 Å². The molecular formula is C28H25F3N3O5P. The van der Waals surface area contributed by atoms with Gasteiger partial charge >= 0.3 is 14.0 Å². The van der Waals surface area contributed by atoms with Crippen LogP contribution in [0.2, 0.25) is 0 Å². The lowest BCUT2D eigenvalue weighted by Gasteiger charge is -2.22. The van der Waals surface area contributed by atoms with Crippen LogP contribution in [0.1, 0.15) is 36.5 Å². The maximum absolute atomic E-state index is 14.0. The van der Waals surface area contributed by atoms with Crippen LogP contribution in [-0.2, 0) is 27.3 Å². The largest absolute Gasteiger partial charge is 0.488 e. The minimum Gasteiger partial charge on any atom is -0.488 e. The van der Waals surface area contributed by atoms with E-state index < -0.39 is 31.6 Å². The molecule has 208 valence electrons. The summed E-state index contributed by atoms with van der Waals surface area (Å²) >= 11 is 0. The molecule has 0 bridgehead atoms. The maximum atomic E-state index is 14.0. The monoisotopic (exact) mass is 571 g/mol. The predicted molar refractivity (Wildman–Crippen MR) is 141 cm³/mol. The Labute approximate surface area is 228 Å². The first kappa shape index (κ1) is 29.1. The summed E-state index contributed by atoms with van der Waals surface area (Å²) in [5.41, 5.74) is 0.409. The third kappa shape index (κ3) is 6.97. The molecule has 8 nitrogen and oxygen atoms in total. The summed E-state index contributed by atoms with van der Waals surface area (Å²) in [6.07, 6.45) is -4.76. The van der Waals surface area contributed by atoms with Crippen LogP contribution in [-0.4, -0.2) is 26.4 Å². The van der Waals surface area contributed by atoms with Gasteiger partial charge < -0.3 is 19.5 Å². The van der Waals surface area contributed by atoms with Crippen molar-refractivity contribution in [2.45, 2.75) is 32.0 Å². The Morgan fingerprint density at radius 2 is 1.60 bits per heavy atom. The van der Waals surface area contributed by atoms with Crippen molar-refractivity contribution in [3.05, 3.63) is 95.4 Å². The number of phosphoric acid groups is 1. The molecular weight excluding hydrogens is 546 g/mol. The first-order chi connectivity index (χ1) is 18.8. The van der Waals surface area contributed by atoms with Crippen LogP contribution in [0.3, 0.4) is 0 Å². The van der Waals surface area contributed by atoms with Crippen LogP contribution in [0.5, 0.6) is 5.75 Å². The Morgan fingerprint density at radius 1 is 0.975 bits per heavy atom. The Kier molecular flexibility index (Phi) is 8.19. The molecule has 0 aliphatic rings. The molecule has 0 amide bonds. The van der Waals surface area contributed by atoms with Crippen molar-refractivity contribution >= 4 is 7.82 Å². The molecule has 4 aromatic rings. The van der Waals surface area contributed by atoms with E-state index >= 15 is 0 Å². The maximum Gasteiger partial charge on any atom is 0.469 e. The van der Waals surface area contributed by atoms with Gasteiger partial charge in [0.15, 0.2) is 5.69 Å². The lowest BCUT2D eigenvalue weighted by Crippen LogP contribution is -2.25. The average Bonchev–Trinajstić information content (AvgIpc) is 3.36. The van der Waals surface area contributed by atoms with Gasteiger partial charge in [-0.25, -0.2) is 9.55 Å². The van der Waals surface area contributed by atoms with Gasteiger partial charge in [-0.2, -0.15) is 18.4 Å². The van der Waals surface area contributed by atoms with E-state index in [9.17, 15) is 23.0 Å². The van der Waals surface area contributed by atoms with Crippen molar-refractivity contribution in [3.8, 4) is 34.2 Å². The number of imidazole rings is 1. The SMILES string of the molecule is CC(C)(COP(=O)(O)O)c1nc(C#N)c(-c2ccc(OCc3ccc(-c4ccccc4)cc3)c(C(F)(F)F)c2)[nH]1. The standard InChI is InChI=1S/C28H25F3N3O5P/c1-27(2,17-39-40(35,36)37)26-33-23(15-32)25(34-26)21-12-13-24(22(14-21)28(29,30)31)38-16-18-8-10-20(11-9-18)19-6-4-3-5-7-19/h3-14H,16-17H2,1-2H3,(H,33,34)(H2,35,36,37). The van der Waals surface area contributed by atoms with E-state index in [2.05, 4.69) is 14.5 Å². The third-order valence-corrected chi connectivity index (χ3v) is 6.54. The van der Waals surface area contributed by atoms with Crippen molar-refractivity contribution < 1.29 is 36.8 Å². The summed E-state index contributed by atoms with van der Waals surface area (Å²) in [6.45, 7) is 2.55. The fraction of sp³-hybridized carbons (Fsp3) is 0.214. The second-order valence-corrected chi connectivity index (χ2v) is 10.9. The topological polar surface area (TPSA) is 128 Å². The first-order valence-electron chi connectivity index (χ1n) is 12.0. The summed E-state index contributed by atoms with van der Waals surface area (Å²) in [7, 11) is -4.77. The fourth-order valence-corrected chi connectivity index (χ4v) is 4.41. The molecule has 0 fully saturated rings. The molecule has 1 heterocycles. The summed E-state index contributed by atoms with van der Waals surface area (Å²) in [4.78, 5) is 25.0. The highest BCUT2D eigenvalue weighted by Gasteiger charge is 2.36. The fourth-order valence-electron chi connectivity index (χ4n) is 3.92. The summed E-state index contributed by atoms with van der Waals surface area (Å²) in [5, 5.41) is 9.57. The zero-order valence-electron chi connectivity index (χ0n) is 21.4. The Morgan fingerprint density at radius 3 is 2.20 bits per heavy atom. The van der Waals surface area contributed by atoms with Crippen molar-refractivity contribution in [2.24, 2.45) is 0 Å². The number of aromatic nitrogens is 2. The van der Waals surface area contributed by atoms with Gasteiger partial charge in [0.05, 0.1) is 17.9 Å². The van der Waals surface area contributed by atoms with Crippen LogP contribution in [0, 0.1) is 11.3 Å². The number of benzene rings is 3. The van der Waals surface area contributed by atoms with Crippen LogP contribution in [0.4, 0.5) is 13.2 Å². The smallest absolute Gasteiger partial charge is 0.469 e. The number of ether oxygens (including phenoxy) is 1. The molecule has 0 radical (unpaired) electrons. The van der Waals surface area contributed by atoms with Crippen LogP contribution in [0.25, 0.3) is 22.4 Å². The van der Waals surface area contributed by atoms with E-state index in [4.69, 9.17) is 14.5 Å². The number of phosphoric ester groups is 1. The summed E-state index contributed by atoms with van der Waals surface area (Å²) in [6, 6.07) is 22.2. The lowest BCUT2D eigenvalue weighted by molar-refractivity contribution is -0.139. The van der Waals surface area contributed by atoms with Crippen molar-refractivity contribution in [1.82, 2.24) is 9.97 Å². The van der Waals surface area contributed by atoms with E-state index in [1.165, 1.54) is 12.1 Å². The molecule has 0 atom stereocenters. The minimum atomic E-state index is -4.77. The molecule has 3 aromatic carbocycles. The number of rotatable bonds is 9. The van der Waals surface area contributed by atoms with Gasteiger partial charge in [0.1, 0.15) is 24.3 Å². The second kappa shape index (κ2) is 11.3. The number of hydrogen-bond donors (Lipinski definition) is 3. The molecule has 0 aliphatic carbocycles. The molecule has 0 spiro atoms. The molecule has 40 heavy (non-hydrogen) atoms. The molecule has 0 saturated carbocycles. The second-order valence-electron chi connectivity index (χ2n) is 9.63. The number of aromatic amines is 1. The van der Waals surface area contributed by atoms with E-state index in [0.717, 1.165) is 17.2 Å². The van der Waals surface area contributed by atoms with E-state index in [0.29, 0.717) is 5.56 Å². The van der Waals surface area contributed by atoms with Crippen LogP contribution < -0.4 is 4.74 Å². The van der Waals surface area contributed by atoms with E-state index in [-0.39, 0.29) is 35.1 Å². The van der Waals surface area contributed by atoms with Crippen molar-refractivity contribution in [3.63, 3.8) is 0 Å². The molecule has 1 aromatic heterocycles. The normalized spacial score (nSPS) is 12.2. The van der Waals surface area contributed by atoms with Gasteiger partial charge in [0.25, 0.3) is 0 Å². The zero-order chi connectivity index (χ0) is 29.1. The van der Waals surface area contributed by atoms with Gasteiger partial charge in [-0.05, 0) is 34.9 Å². The van der Waals surface area contributed by atoms with Crippen LogP contribution in [0.15, 0.2) is 72.8 Å². The third-order valence-electron chi connectivity index (χ3n) is 6.07.